The second-order valence-corrected chi connectivity index (χ2v) is 4.81. The first-order chi connectivity index (χ1) is 6.84. The van der Waals surface area contributed by atoms with Gasteiger partial charge in [-0.05, 0) is 30.5 Å². The average molecular weight is 208 g/mol. The number of hydrogen-bond donors (Lipinski definition) is 1. The number of hydrogen-bond acceptors (Lipinski definition) is 1. The predicted molar refractivity (Wildman–Crippen MR) is 60.1 cm³/mol. The molecule has 2 unspecified atom stereocenters. The second kappa shape index (κ2) is 3.16. The Labute approximate surface area is 89.5 Å². The van der Waals surface area contributed by atoms with E-state index in [1.165, 1.54) is 36.9 Å². The Hall–Kier alpha value is -0.690. The van der Waals surface area contributed by atoms with Crippen LogP contribution in [-0.2, 0) is 0 Å². The molecule has 0 amide bonds. The van der Waals surface area contributed by atoms with Crippen LogP contribution >= 0.6 is 11.6 Å². The molecule has 0 aromatic heterocycles. The quantitative estimate of drug-likeness (QED) is 0.683. The number of rotatable bonds is 0. The van der Waals surface area contributed by atoms with Crippen LogP contribution in [0.4, 0.5) is 5.69 Å². The van der Waals surface area contributed by atoms with E-state index in [9.17, 15) is 0 Å². The summed E-state index contributed by atoms with van der Waals surface area (Å²) >= 11 is 5.98. The molecule has 0 saturated heterocycles. The van der Waals surface area contributed by atoms with E-state index in [0.29, 0.717) is 6.04 Å². The monoisotopic (exact) mass is 207 g/mol. The highest BCUT2D eigenvalue weighted by Crippen LogP contribution is 2.44. The van der Waals surface area contributed by atoms with Crippen molar-refractivity contribution in [2.45, 2.75) is 37.6 Å². The molecule has 1 aliphatic carbocycles. The van der Waals surface area contributed by atoms with Crippen LogP contribution in [-0.4, -0.2) is 6.04 Å². The van der Waals surface area contributed by atoms with E-state index in [-0.39, 0.29) is 0 Å². The first kappa shape index (κ1) is 8.60. The highest BCUT2D eigenvalue weighted by Gasteiger charge is 2.33. The highest BCUT2D eigenvalue weighted by molar-refractivity contribution is 6.30. The number of fused-ring (bicyclic) bond motifs is 3. The third-order valence-electron chi connectivity index (χ3n) is 3.52. The van der Waals surface area contributed by atoms with Crippen molar-refractivity contribution in [3.8, 4) is 0 Å². The number of nitrogens with one attached hydrogen (secondary N) is 1. The molecule has 1 aliphatic heterocycles. The SMILES string of the molecule is Clc1ccc2c(c1)NC1CCCCC21. The Balaban J connectivity index is 2.01. The zero-order chi connectivity index (χ0) is 9.54. The van der Waals surface area contributed by atoms with Crippen LogP contribution in [0.3, 0.4) is 0 Å². The zero-order valence-electron chi connectivity index (χ0n) is 8.09. The van der Waals surface area contributed by atoms with Crippen LogP contribution in [0, 0.1) is 0 Å². The van der Waals surface area contributed by atoms with Crippen molar-refractivity contribution in [3.63, 3.8) is 0 Å². The summed E-state index contributed by atoms with van der Waals surface area (Å²) in [5.74, 6) is 0.746. The normalized spacial score (nSPS) is 29.2. The third kappa shape index (κ3) is 1.23. The van der Waals surface area contributed by atoms with Gasteiger partial charge in [0.05, 0.1) is 0 Å². The Morgan fingerprint density at radius 1 is 1.21 bits per heavy atom. The summed E-state index contributed by atoms with van der Waals surface area (Å²) < 4.78 is 0. The minimum atomic E-state index is 0.678. The Bertz CT molecular complexity index is 361. The summed E-state index contributed by atoms with van der Waals surface area (Å²) in [7, 11) is 0. The van der Waals surface area contributed by atoms with Gasteiger partial charge >= 0.3 is 0 Å². The van der Waals surface area contributed by atoms with Gasteiger partial charge in [-0.25, -0.2) is 0 Å². The fourth-order valence-electron chi connectivity index (χ4n) is 2.85. The maximum Gasteiger partial charge on any atom is 0.0426 e. The molecule has 0 radical (unpaired) electrons. The zero-order valence-corrected chi connectivity index (χ0v) is 8.85. The summed E-state index contributed by atoms with van der Waals surface area (Å²) in [4.78, 5) is 0. The molecular formula is C12H14ClN. The smallest absolute Gasteiger partial charge is 0.0426 e. The average Bonchev–Trinajstić information content (AvgIpc) is 2.54. The van der Waals surface area contributed by atoms with Crippen molar-refractivity contribution in [2.24, 2.45) is 0 Å². The van der Waals surface area contributed by atoms with Crippen LogP contribution in [0.25, 0.3) is 0 Å². The lowest BCUT2D eigenvalue weighted by Gasteiger charge is -2.25. The van der Waals surface area contributed by atoms with Crippen molar-refractivity contribution in [3.05, 3.63) is 28.8 Å². The molecule has 2 atom stereocenters. The number of halogens is 1. The molecule has 1 saturated carbocycles. The van der Waals surface area contributed by atoms with Crippen LogP contribution in [0.1, 0.15) is 37.2 Å². The number of benzene rings is 1. The molecule has 1 nitrogen and oxygen atoms in total. The molecule has 14 heavy (non-hydrogen) atoms. The van der Waals surface area contributed by atoms with E-state index in [1.54, 1.807) is 0 Å². The summed E-state index contributed by atoms with van der Waals surface area (Å²) in [6.07, 6.45) is 5.41. The van der Waals surface area contributed by atoms with Crippen molar-refractivity contribution in [2.75, 3.05) is 5.32 Å². The molecule has 0 bridgehead atoms. The minimum Gasteiger partial charge on any atom is -0.381 e. The van der Waals surface area contributed by atoms with Crippen molar-refractivity contribution in [1.82, 2.24) is 0 Å². The molecule has 2 aliphatic rings. The summed E-state index contributed by atoms with van der Waals surface area (Å²) in [6.45, 7) is 0. The molecule has 2 heteroatoms. The van der Waals surface area contributed by atoms with Gasteiger partial charge in [0.1, 0.15) is 0 Å². The predicted octanol–water partition coefficient (Wildman–Crippen LogP) is 3.79. The van der Waals surface area contributed by atoms with E-state index in [1.807, 2.05) is 6.07 Å². The minimum absolute atomic E-state index is 0.678. The summed E-state index contributed by atoms with van der Waals surface area (Å²) in [6, 6.07) is 6.95. The van der Waals surface area contributed by atoms with Crippen molar-refractivity contribution in [1.29, 1.82) is 0 Å². The third-order valence-corrected chi connectivity index (χ3v) is 3.76. The topological polar surface area (TPSA) is 12.0 Å². The molecule has 74 valence electrons. The van der Waals surface area contributed by atoms with E-state index in [4.69, 9.17) is 11.6 Å². The largest absolute Gasteiger partial charge is 0.381 e. The summed E-state index contributed by atoms with van der Waals surface area (Å²) in [5.41, 5.74) is 2.76. The number of anilines is 1. The lowest BCUT2D eigenvalue weighted by molar-refractivity contribution is 0.422. The Morgan fingerprint density at radius 2 is 2.07 bits per heavy atom. The molecule has 1 aromatic carbocycles. The lowest BCUT2D eigenvalue weighted by atomic mass is 9.83. The molecule has 0 spiro atoms. The van der Waals surface area contributed by atoms with Gasteiger partial charge in [0.15, 0.2) is 0 Å². The van der Waals surface area contributed by atoms with Gasteiger partial charge in [0.25, 0.3) is 0 Å². The van der Waals surface area contributed by atoms with Crippen molar-refractivity contribution >= 4 is 17.3 Å². The second-order valence-electron chi connectivity index (χ2n) is 4.37. The molecular weight excluding hydrogens is 194 g/mol. The maximum atomic E-state index is 5.98. The molecule has 3 rings (SSSR count). The fourth-order valence-corrected chi connectivity index (χ4v) is 3.02. The molecule has 1 fully saturated rings. The Kier molecular flexibility index (Phi) is 1.94. The first-order valence-corrected chi connectivity index (χ1v) is 5.78. The lowest BCUT2D eigenvalue weighted by Crippen LogP contribution is -2.23. The van der Waals surface area contributed by atoms with E-state index in [0.717, 1.165) is 10.9 Å². The van der Waals surface area contributed by atoms with Gasteiger partial charge in [0.2, 0.25) is 0 Å². The maximum absolute atomic E-state index is 5.98. The van der Waals surface area contributed by atoms with Crippen LogP contribution in [0.15, 0.2) is 18.2 Å². The van der Waals surface area contributed by atoms with Gasteiger partial charge in [-0.15, -0.1) is 0 Å². The van der Waals surface area contributed by atoms with Crippen molar-refractivity contribution < 1.29 is 0 Å². The standard InChI is InChI=1S/C12H14ClN/c13-8-5-6-10-9-3-1-2-4-11(9)14-12(10)7-8/h5-7,9,11,14H,1-4H2. The molecule has 1 aromatic rings. The van der Waals surface area contributed by atoms with E-state index >= 15 is 0 Å². The van der Waals surface area contributed by atoms with Gasteiger partial charge in [-0.1, -0.05) is 30.5 Å². The molecule has 1 N–H and O–H groups in total. The van der Waals surface area contributed by atoms with E-state index < -0.39 is 0 Å². The summed E-state index contributed by atoms with van der Waals surface area (Å²) in [5, 5.41) is 4.44. The first-order valence-electron chi connectivity index (χ1n) is 5.40. The van der Waals surface area contributed by atoms with E-state index in [2.05, 4.69) is 17.4 Å². The highest BCUT2D eigenvalue weighted by atomic mass is 35.5. The van der Waals surface area contributed by atoms with Gasteiger partial charge in [0, 0.05) is 22.7 Å². The van der Waals surface area contributed by atoms with Crippen LogP contribution in [0.2, 0.25) is 5.02 Å². The Morgan fingerprint density at radius 3 is 3.00 bits per heavy atom. The van der Waals surface area contributed by atoms with Crippen LogP contribution < -0.4 is 5.32 Å². The fraction of sp³-hybridized carbons (Fsp3) is 0.500. The molecule has 1 heterocycles. The van der Waals surface area contributed by atoms with Crippen LogP contribution in [0.5, 0.6) is 0 Å². The van der Waals surface area contributed by atoms with Gasteiger partial charge in [-0.3, -0.25) is 0 Å². The van der Waals surface area contributed by atoms with Gasteiger partial charge < -0.3 is 5.32 Å². The van der Waals surface area contributed by atoms with Gasteiger partial charge in [-0.2, -0.15) is 0 Å².